The van der Waals surface area contributed by atoms with Crippen molar-refractivity contribution < 1.29 is 22.7 Å². The fraction of sp³-hybridized carbons (Fsp3) is 0.261. The average Bonchev–Trinajstić information content (AvgIpc) is 2.78. The Morgan fingerprint density at radius 3 is 2.76 bits per heavy atom. The second-order valence-corrected chi connectivity index (χ2v) is 7.65. The van der Waals surface area contributed by atoms with Gasteiger partial charge >= 0.3 is 12.2 Å². The van der Waals surface area contributed by atoms with E-state index in [-0.39, 0.29) is 24.3 Å². The number of aromatic amines is 1. The zero-order valence-corrected chi connectivity index (χ0v) is 17.7. The van der Waals surface area contributed by atoms with E-state index in [1.807, 2.05) is 24.3 Å². The van der Waals surface area contributed by atoms with Crippen LogP contribution in [0.3, 0.4) is 0 Å². The Morgan fingerprint density at radius 1 is 1.21 bits per heavy atom. The number of nitrogens with zero attached hydrogens (tertiary/aromatic N) is 2. The SMILES string of the molecule is COc1cccc(Cc2nc3c(c(=O)[nH]2)CN(C(=O)Nc2cccc(C(F)(F)F)c2)CC3)c1. The Morgan fingerprint density at radius 2 is 2.00 bits per heavy atom. The summed E-state index contributed by atoms with van der Waals surface area (Å²) >= 11 is 0. The molecule has 0 saturated heterocycles. The number of halogens is 3. The first-order valence-electron chi connectivity index (χ1n) is 10.2. The number of aromatic nitrogens is 2. The van der Waals surface area contributed by atoms with Gasteiger partial charge in [0.05, 0.1) is 30.5 Å². The van der Waals surface area contributed by atoms with Crippen LogP contribution in [0.1, 0.15) is 28.2 Å². The number of anilines is 1. The Bertz CT molecular complexity index is 1240. The molecule has 0 fully saturated rings. The van der Waals surface area contributed by atoms with Crippen molar-refractivity contribution in [2.24, 2.45) is 0 Å². The molecule has 2 amide bonds. The maximum atomic E-state index is 12.9. The summed E-state index contributed by atoms with van der Waals surface area (Å²) in [6.45, 7) is 0.300. The summed E-state index contributed by atoms with van der Waals surface area (Å²) in [5.41, 5.74) is 0.745. The number of rotatable bonds is 4. The van der Waals surface area contributed by atoms with E-state index in [9.17, 15) is 22.8 Å². The standard InChI is InChI=1S/C23H21F3N4O3/c1-33-17-7-2-4-14(10-17)11-20-28-19-8-9-30(13-18(19)21(31)29-20)22(32)27-16-6-3-5-15(12-16)23(24,25)26/h2-7,10,12H,8-9,11,13H2,1H3,(H,27,32)(H,28,29,31). The predicted octanol–water partition coefficient (Wildman–Crippen LogP) is 3.98. The minimum Gasteiger partial charge on any atom is -0.497 e. The molecule has 2 aromatic carbocycles. The van der Waals surface area contributed by atoms with Gasteiger partial charge in [-0.3, -0.25) is 4.79 Å². The number of ether oxygens (including phenoxy) is 1. The van der Waals surface area contributed by atoms with Gasteiger partial charge in [0, 0.05) is 25.1 Å². The third-order valence-corrected chi connectivity index (χ3v) is 5.35. The zero-order chi connectivity index (χ0) is 23.6. The number of alkyl halides is 3. The second kappa shape index (κ2) is 8.97. The third kappa shape index (κ3) is 5.16. The Balaban J connectivity index is 1.47. The number of amides is 2. The molecule has 4 rings (SSSR count). The lowest BCUT2D eigenvalue weighted by atomic mass is 10.1. The number of carbonyl (C=O) groups is 1. The van der Waals surface area contributed by atoms with Crippen molar-refractivity contribution in [3.05, 3.63) is 87.1 Å². The smallest absolute Gasteiger partial charge is 0.416 e. The van der Waals surface area contributed by atoms with Crippen molar-refractivity contribution in [1.29, 1.82) is 0 Å². The number of hydrogen-bond acceptors (Lipinski definition) is 4. The number of H-pyrrole nitrogens is 1. The van der Waals surface area contributed by atoms with Crippen molar-refractivity contribution >= 4 is 11.7 Å². The van der Waals surface area contributed by atoms with E-state index in [1.54, 1.807) is 7.11 Å². The molecular weight excluding hydrogens is 437 g/mol. The molecule has 7 nitrogen and oxygen atoms in total. The van der Waals surface area contributed by atoms with E-state index in [0.29, 0.717) is 35.7 Å². The number of fused-ring (bicyclic) bond motifs is 1. The van der Waals surface area contributed by atoms with Crippen LogP contribution < -0.4 is 15.6 Å². The molecule has 0 bridgehead atoms. The van der Waals surface area contributed by atoms with Gasteiger partial charge in [-0.1, -0.05) is 18.2 Å². The van der Waals surface area contributed by atoms with E-state index in [4.69, 9.17) is 4.74 Å². The summed E-state index contributed by atoms with van der Waals surface area (Å²) in [7, 11) is 1.58. The second-order valence-electron chi connectivity index (χ2n) is 7.65. The predicted molar refractivity (Wildman–Crippen MR) is 115 cm³/mol. The number of hydrogen-bond donors (Lipinski definition) is 2. The number of urea groups is 1. The van der Waals surface area contributed by atoms with E-state index in [0.717, 1.165) is 17.7 Å². The lowest BCUT2D eigenvalue weighted by molar-refractivity contribution is -0.137. The van der Waals surface area contributed by atoms with E-state index >= 15 is 0 Å². The summed E-state index contributed by atoms with van der Waals surface area (Å²) in [5.74, 6) is 1.21. The van der Waals surface area contributed by atoms with Crippen LogP contribution in [0.4, 0.5) is 23.7 Å². The Labute approximate surface area is 187 Å². The molecule has 0 atom stereocenters. The largest absolute Gasteiger partial charge is 0.497 e. The van der Waals surface area contributed by atoms with Gasteiger partial charge < -0.3 is 19.9 Å². The molecular formula is C23H21F3N4O3. The first kappa shape index (κ1) is 22.4. The van der Waals surface area contributed by atoms with E-state index in [2.05, 4.69) is 15.3 Å². The van der Waals surface area contributed by atoms with Crippen LogP contribution in [0.2, 0.25) is 0 Å². The summed E-state index contributed by atoms with van der Waals surface area (Å²) in [6.07, 6.45) is -3.73. The minimum atomic E-state index is -4.51. The fourth-order valence-electron chi connectivity index (χ4n) is 3.69. The van der Waals surface area contributed by atoms with Gasteiger partial charge in [-0.25, -0.2) is 9.78 Å². The molecule has 0 unspecified atom stereocenters. The summed E-state index contributed by atoms with van der Waals surface area (Å²) in [5, 5.41) is 2.47. The topological polar surface area (TPSA) is 87.3 Å². The van der Waals surface area contributed by atoms with Gasteiger partial charge in [0.15, 0.2) is 0 Å². The van der Waals surface area contributed by atoms with Crippen LogP contribution >= 0.6 is 0 Å². The summed E-state index contributed by atoms with van der Waals surface area (Å²) in [6, 6.07) is 11.3. The average molecular weight is 458 g/mol. The van der Waals surface area contributed by atoms with Crippen LogP contribution in [0.5, 0.6) is 5.75 Å². The number of benzene rings is 2. The molecule has 0 spiro atoms. The minimum absolute atomic E-state index is 0.0158. The summed E-state index contributed by atoms with van der Waals surface area (Å²) < 4.78 is 43.9. The first-order chi connectivity index (χ1) is 15.7. The highest BCUT2D eigenvalue weighted by Gasteiger charge is 2.31. The third-order valence-electron chi connectivity index (χ3n) is 5.35. The summed E-state index contributed by atoms with van der Waals surface area (Å²) in [4.78, 5) is 34.0. The molecule has 3 aromatic rings. The van der Waals surface area contributed by atoms with E-state index in [1.165, 1.54) is 17.0 Å². The van der Waals surface area contributed by atoms with Crippen molar-refractivity contribution in [1.82, 2.24) is 14.9 Å². The Kier molecular flexibility index (Phi) is 6.08. The quantitative estimate of drug-likeness (QED) is 0.619. The lowest BCUT2D eigenvalue weighted by Gasteiger charge is -2.28. The van der Waals surface area contributed by atoms with Gasteiger partial charge in [0.2, 0.25) is 0 Å². The van der Waals surface area contributed by atoms with Crippen molar-refractivity contribution in [3.63, 3.8) is 0 Å². The molecule has 2 heterocycles. The van der Waals surface area contributed by atoms with Crippen LogP contribution in [0, 0.1) is 0 Å². The van der Waals surface area contributed by atoms with Crippen molar-refractivity contribution in [2.75, 3.05) is 19.0 Å². The van der Waals surface area contributed by atoms with Gasteiger partial charge in [0.1, 0.15) is 11.6 Å². The molecule has 0 radical (unpaired) electrons. The van der Waals surface area contributed by atoms with Crippen LogP contribution in [-0.4, -0.2) is 34.6 Å². The van der Waals surface area contributed by atoms with Gasteiger partial charge in [0.25, 0.3) is 5.56 Å². The van der Waals surface area contributed by atoms with E-state index < -0.39 is 17.8 Å². The number of nitrogens with one attached hydrogen (secondary N) is 2. The molecule has 1 aliphatic rings. The van der Waals surface area contributed by atoms with Crippen LogP contribution in [-0.2, 0) is 25.6 Å². The molecule has 0 aliphatic carbocycles. The van der Waals surface area contributed by atoms with Gasteiger partial charge in [-0.05, 0) is 35.9 Å². The first-order valence-corrected chi connectivity index (χ1v) is 10.2. The van der Waals surface area contributed by atoms with Gasteiger partial charge in [-0.2, -0.15) is 13.2 Å². The van der Waals surface area contributed by atoms with Crippen LogP contribution in [0.15, 0.2) is 53.3 Å². The monoisotopic (exact) mass is 458 g/mol. The van der Waals surface area contributed by atoms with Gasteiger partial charge in [-0.15, -0.1) is 0 Å². The van der Waals surface area contributed by atoms with Crippen molar-refractivity contribution in [3.8, 4) is 5.75 Å². The molecule has 172 valence electrons. The van der Waals surface area contributed by atoms with Crippen molar-refractivity contribution in [2.45, 2.75) is 25.6 Å². The highest BCUT2D eigenvalue weighted by Crippen LogP contribution is 2.30. The molecule has 1 aromatic heterocycles. The molecule has 0 saturated carbocycles. The highest BCUT2D eigenvalue weighted by molar-refractivity contribution is 5.89. The molecule has 1 aliphatic heterocycles. The maximum absolute atomic E-state index is 12.9. The van der Waals surface area contributed by atoms with Crippen LogP contribution in [0.25, 0.3) is 0 Å². The fourth-order valence-corrected chi connectivity index (χ4v) is 3.69. The highest BCUT2D eigenvalue weighted by atomic mass is 19.4. The molecule has 2 N–H and O–H groups in total. The zero-order valence-electron chi connectivity index (χ0n) is 17.7. The maximum Gasteiger partial charge on any atom is 0.416 e. The molecule has 33 heavy (non-hydrogen) atoms. The lowest BCUT2D eigenvalue weighted by Crippen LogP contribution is -2.42. The Hall–Kier alpha value is -3.82. The number of carbonyl (C=O) groups excluding carboxylic acids is 1. The normalized spacial score (nSPS) is 13.4. The number of methoxy groups -OCH3 is 1. The molecule has 10 heteroatoms.